The van der Waals surface area contributed by atoms with Gasteiger partial charge in [0.25, 0.3) is 0 Å². The molecule has 27 heavy (non-hydrogen) atoms. The zero-order valence-corrected chi connectivity index (χ0v) is 16.4. The second-order valence-corrected chi connectivity index (χ2v) is 7.38. The molecule has 0 saturated carbocycles. The molecule has 0 unspecified atom stereocenters. The van der Waals surface area contributed by atoms with Crippen LogP contribution in [-0.4, -0.2) is 28.0 Å². The summed E-state index contributed by atoms with van der Waals surface area (Å²) in [6, 6.07) is 9.30. The minimum Gasteiger partial charge on any atom is -0.274 e. The Bertz CT molecular complexity index is 965. The number of hydrazone groups is 1. The monoisotopic (exact) mass is 399 g/mol. The van der Waals surface area contributed by atoms with Gasteiger partial charge in [0.2, 0.25) is 11.8 Å². The zero-order chi connectivity index (χ0) is 19.2. The number of rotatable bonds is 6. The third kappa shape index (κ3) is 5.05. The Morgan fingerprint density at radius 3 is 2.63 bits per heavy atom. The Balaban J connectivity index is 1.63. The number of hydrogen-bond donors (Lipinski definition) is 1. The Hall–Kier alpha value is -2.91. The van der Waals surface area contributed by atoms with Crippen molar-refractivity contribution in [2.45, 2.75) is 20.3 Å². The summed E-state index contributed by atoms with van der Waals surface area (Å²) in [5.74, 6) is -0.378. The van der Waals surface area contributed by atoms with Gasteiger partial charge in [-0.05, 0) is 19.1 Å². The van der Waals surface area contributed by atoms with Crippen molar-refractivity contribution < 1.29 is 9.59 Å². The van der Waals surface area contributed by atoms with E-state index in [0.29, 0.717) is 10.8 Å². The Kier molecular flexibility index (Phi) is 6.05. The summed E-state index contributed by atoms with van der Waals surface area (Å²) in [6.45, 7) is 3.37. The van der Waals surface area contributed by atoms with Gasteiger partial charge in [0.1, 0.15) is 5.01 Å². The summed E-state index contributed by atoms with van der Waals surface area (Å²) in [5.41, 5.74) is 4.66. The van der Waals surface area contributed by atoms with Crippen LogP contribution in [0.1, 0.15) is 23.3 Å². The molecule has 2 heterocycles. The minimum absolute atomic E-state index is 0.133. The van der Waals surface area contributed by atoms with E-state index in [-0.39, 0.29) is 18.2 Å². The zero-order valence-electron chi connectivity index (χ0n) is 14.7. The first-order valence-electron chi connectivity index (χ1n) is 8.07. The second kappa shape index (κ2) is 8.65. The lowest BCUT2D eigenvalue weighted by Gasteiger charge is -2.17. The predicted octanol–water partition coefficient (Wildman–Crippen LogP) is 3.29. The van der Waals surface area contributed by atoms with E-state index in [4.69, 9.17) is 0 Å². The van der Waals surface area contributed by atoms with Crippen LogP contribution in [0.2, 0.25) is 0 Å². The van der Waals surface area contributed by atoms with Crippen molar-refractivity contribution in [3.63, 3.8) is 0 Å². The summed E-state index contributed by atoms with van der Waals surface area (Å²) < 4.78 is 0. The van der Waals surface area contributed by atoms with Crippen LogP contribution >= 0.6 is 22.7 Å². The van der Waals surface area contributed by atoms with E-state index in [9.17, 15) is 9.59 Å². The number of para-hydroxylation sites is 1. The van der Waals surface area contributed by atoms with Gasteiger partial charge in [-0.3, -0.25) is 14.5 Å². The molecule has 3 aromatic rings. The van der Waals surface area contributed by atoms with Crippen molar-refractivity contribution in [1.82, 2.24) is 15.4 Å². The molecule has 0 radical (unpaired) electrons. The molecule has 0 bridgehead atoms. The fourth-order valence-electron chi connectivity index (χ4n) is 2.27. The van der Waals surface area contributed by atoms with Gasteiger partial charge in [0.15, 0.2) is 5.13 Å². The largest absolute Gasteiger partial charge is 0.274 e. The molecule has 0 saturated heterocycles. The average molecular weight is 400 g/mol. The van der Waals surface area contributed by atoms with Gasteiger partial charge in [0.05, 0.1) is 24.0 Å². The number of benzene rings is 1. The van der Waals surface area contributed by atoms with Gasteiger partial charge in [-0.15, -0.1) is 22.7 Å². The lowest BCUT2D eigenvalue weighted by Crippen LogP contribution is -2.22. The van der Waals surface area contributed by atoms with E-state index < -0.39 is 0 Å². The first-order chi connectivity index (χ1) is 13.0. The number of carbonyl (C=O) groups is 2. The molecular weight excluding hydrogens is 382 g/mol. The summed E-state index contributed by atoms with van der Waals surface area (Å²) in [5, 5.41) is 8.89. The van der Waals surface area contributed by atoms with Crippen LogP contribution in [0.25, 0.3) is 0 Å². The van der Waals surface area contributed by atoms with Crippen LogP contribution in [0.5, 0.6) is 0 Å². The molecular formula is C18H17N5O2S2. The van der Waals surface area contributed by atoms with Gasteiger partial charge in [-0.25, -0.2) is 15.4 Å². The van der Waals surface area contributed by atoms with Gasteiger partial charge >= 0.3 is 0 Å². The van der Waals surface area contributed by atoms with Crippen molar-refractivity contribution in [3.8, 4) is 0 Å². The lowest BCUT2D eigenvalue weighted by molar-refractivity contribution is -0.120. The van der Waals surface area contributed by atoms with Gasteiger partial charge in [-0.2, -0.15) is 5.10 Å². The van der Waals surface area contributed by atoms with E-state index in [2.05, 4.69) is 20.5 Å². The maximum absolute atomic E-state index is 12.0. The number of anilines is 2. The topological polar surface area (TPSA) is 87.5 Å². The highest BCUT2D eigenvalue weighted by Gasteiger charge is 2.17. The molecule has 0 fully saturated rings. The van der Waals surface area contributed by atoms with Gasteiger partial charge in [0, 0.05) is 23.4 Å². The van der Waals surface area contributed by atoms with Gasteiger partial charge in [-0.1, -0.05) is 18.2 Å². The van der Waals surface area contributed by atoms with E-state index in [1.54, 1.807) is 5.38 Å². The fraction of sp³-hybridized carbons (Fsp3) is 0.167. The van der Waals surface area contributed by atoms with Gasteiger partial charge < -0.3 is 0 Å². The molecule has 2 aromatic heterocycles. The average Bonchev–Trinajstić information content (AvgIpc) is 3.25. The number of amides is 2. The maximum Gasteiger partial charge on any atom is 0.246 e. The highest BCUT2D eigenvalue weighted by molar-refractivity contribution is 7.14. The van der Waals surface area contributed by atoms with Crippen molar-refractivity contribution in [2.75, 3.05) is 4.90 Å². The molecule has 0 aliphatic rings. The third-order valence-corrected chi connectivity index (χ3v) is 5.21. The normalized spacial score (nSPS) is 10.9. The van der Waals surface area contributed by atoms with Crippen LogP contribution in [0.4, 0.5) is 10.8 Å². The number of nitrogens with one attached hydrogen (secondary N) is 1. The summed E-state index contributed by atoms with van der Waals surface area (Å²) in [4.78, 5) is 34.1. The molecule has 0 atom stereocenters. The molecule has 0 aliphatic carbocycles. The number of thiazole rings is 2. The maximum atomic E-state index is 12.0. The SMILES string of the molecule is CC(=O)N(c1ccccc1)c1nc(/C=N\NC(=O)Cc2nc(C)cs2)cs1. The van der Waals surface area contributed by atoms with Crippen molar-refractivity contribution in [2.24, 2.45) is 5.10 Å². The Labute approximate surface area is 164 Å². The lowest BCUT2D eigenvalue weighted by atomic mass is 10.3. The van der Waals surface area contributed by atoms with E-state index in [0.717, 1.165) is 16.4 Å². The molecule has 7 nitrogen and oxygen atoms in total. The fourth-order valence-corrected chi connectivity index (χ4v) is 3.88. The molecule has 1 N–H and O–H groups in total. The quantitative estimate of drug-likeness (QED) is 0.509. The standard InChI is InChI=1S/C18H17N5O2S2/c1-12-10-26-17(20-12)8-16(25)22-19-9-14-11-27-18(21-14)23(13(2)24)15-6-4-3-5-7-15/h3-7,9-11H,8H2,1-2H3,(H,22,25)/b19-9-. The van der Waals surface area contributed by atoms with E-state index >= 15 is 0 Å². The smallest absolute Gasteiger partial charge is 0.246 e. The molecule has 0 spiro atoms. The molecule has 138 valence electrons. The number of nitrogens with zero attached hydrogens (tertiary/aromatic N) is 4. The van der Waals surface area contributed by atoms with E-state index in [1.165, 1.54) is 40.7 Å². The van der Waals surface area contributed by atoms with Crippen LogP contribution in [-0.2, 0) is 16.0 Å². The van der Waals surface area contributed by atoms with Crippen molar-refractivity contribution in [3.05, 3.63) is 57.5 Å². The van der Waals surface area contributed by atoms with Crippen molar-refractivity contribution in [1.29, 1.82) is 0 Å². The summed E-state index contributed by atoms with van der Waals surface area (Å²) in [7, 11) is 0. The number of aromatic nitrogens is 2. The van der Waals surface area contributed by atoms with Crippen LogP contribution in [0, 0.1) is 6.92 Å². The van der Waals surface area contributed by atoms with E-state index in [1.807, 2.05) is 42.6 Å². The molecule has 9 heteroatoms. The Morgan fingerprint density at radius 1 is 1.19 bits per heavy atom. The number of carbonyl (C=O) groups excluding carboxylic acids is 2. The first-order valence-corrected chi connectivity index (χ1v) is 9.83. The second-order valence-electron chi connectivity index (χ2n) is 5.60. The highest BCUT2D eigenvalue weighted by atomic mass is 32.1. The number of hydrogen-bond acceptors (Lipinski definition) is 7. The molecule has 3 rings (SSSR count). The summed E-state index contributed by atoms with van der Waals surface area (Å²) >= 11 is 2.77. The number of aryl methyl sites for hydroxylation is 1. The molecule has 0 aliphatic heterocycles. The first kappa shape index (κ1) is 18.9. The van der Waals surface area contributed by atoms with Crippen LogP contribution < -0.4 is 10.3 Å². The predicted molar refractivity (Wildman–Crippen MR) is 108 cm³/mol. The molecule has 1 aromatic carbocycles. The summed E-state index contributed by atoms with van der Waals surface area (Å²) in [6.07, 6.45) is 1.64. The van der Waals surface area contributed by atoms with Crippen molar-refractivity contribution >= 4 is 51.5 Å². The Morgan fingerprint density at radius 2 is 1.96 bits per heavy atom. The third-order valence-electron chi connectivity index (χ3n) is 3.39. The molecule has 2 amide bonds. The van der Waals surface area contributed by atoms with Crippen LogP contribution in [0.15, 0.2) is 46.2 Å². The van der Waals surface area contributed by atoms with Crippen LogP contribution in [0.3, 0.4) is 0 Å². The minimum atomic E-state index is -0.245. The highest BCUT2D eigenvalue weighted by Crippen LogP contribution is 2.28.